The minimum absolute atomic E-state index is 0.0234. The Morgan fingerprint density at radius 3 is 2.38 bits per heavy atom. The molecule has 0 amide bonds. The van der Waals surface area contributed by atoms with Gasteiger partial charge in [0.25, 0.3) is 0 Å². The van der Waals surface area contributed by atoms with Crippen molar-refractivity contribution in [3.8, 4) is 11.5 Å². The van der Waals surface area contributed by atoms with Gasteiger partial charge in [-0.3, -0.25) is 0 Å². The zero-order valence-electron chi connectivity index (χ0n) is 12.9. The number of hydrogen-bond donors (Lipinski definition) is 0. The van der Waals surface area contributed by atoms with Crippen molar-refractivity contribution < 1.29 is 9.47 Å². The highest BCUT2D eigenvalue weighted by Gasteiger charge is 2.19. The molecule has 0 heterocycles. The van der Waals surface area contributed by atoms with Crippen LogP contribution in [0.5, 0.6) is 11.5 Å². The molecular weight excluding hydrogens is 260 g/mol. The van der Waals surface area contributed by atoms with Crippen LogP contribution in [-0.2, 0) is 12.0 Å². The molecule has 110 valence electrons. The summed E-state index contributed by atoms with van der Waals surface area (Å²) < 4.78 is 11.4. The third-order valence-corrected chi connectivity index (χ3v) is 3.22. The maximum atomic E-state index is 5.88. The molecule has 0 saturated carbocycles. The van der Waals surface area contributed by atoms with Gasteiger partial charge in [-0.2, -0.15) is 0 Å². The Kier molecular flexibility index (Phi) is 4.69. The zero-order chi connectivity index (χ0) is 15.3. The van der Waals surface area contributed by atoms with Gasteiger partial charge in [0.1, 0.15) is 18.1 Å². The van der Waals surface area contributed by atoms with Gasteiger partial charge in [-0.05, 0) is 29.2 Å². The number of rotatable bonds is 5. The van der Waals surface area contributed by atoms with Crippen molar-refractivity contribution in [3.63, 3.8) is 0 Å². The van der Waals surface area contributed by atoms with Crippen molar-refractivity contribution in [2.45, 2.75) is 32.8 Å². The van der Waals surface area contributed by atoms with Crippen molar-refractivity contribution in [1.29, 1.82) is 0 Å². The molecular formula is C19H22O2. The highest BCUT2D eigenvalue weighted by molar-refractivity contribution is 5.44. The SMILES string of the molecule is C=COc1ccc(OCc2ccccc2)cc1C(C)(C)C. The first kappa shape index (κ1) is 15.2. The van der Waals surface area contributed by atoms with Gasteiger partial charge in [-0.25, -0.2) is 0 Å². The molecule has 0 saturated heterocycles. The number of hydrogen-bond acceptors (Lipinski definition) is 2. The van der Waals surface area contributed by atoms with Crippen LogP contribution in [-0.4, -0.2) is 0 Å². The second kappa shape index (κ2) is 6.49. The van der Waals surface area contributed by atoms with E-state index < -0.39 is 0 Å². The van der Waals surface area contributed by atoms with Crippen LogP contribution in [0.4, 0.5) is 0 Å². The summed E-state index contributed by atoms with van der Waals surface area (Å²) in [5.41, 5.74) is 2.24. The third kappa shape index (κ3) is 4.12. The van der Waals surface area contributed by atoms with Crippen LogP contribution in [0, 0.1) is 0 Å². The summed E-state index contributed by atoms with van der Waals surface area (Å²) in [5, 5.41) is 0. The topological polar surface area (TPSA) is 18.5 Å². The average molecular weight is 282 g/mol. The fraction of sp³-hybridized carbons (Fsp3) is 0.263. The largest absolute Gasteiger partial charge is 0.489 e. The highest BCUT2D eigenvalue weighted by Crippen LogP contribution is 2.34. The first-order chi connectivity index (χ1) is 10.0. The van der Waals surface area contributed by atoms with Crippen LogP contribution in [0.15, 0.2) is 61.4 Å². The summed E-state index contributed by atoms with van der Waals surface area (Å²) in [4.78, 5) is 0. The normalized spacial score (nSPS) is 11.0. The molecule has 0 fully saturated rings. The van der Waals surface area contributed by atoms with Gasteiger partial charge < -0.3 is 9.47 Å². The van der Waals surface area contributed by atoms with Gasteiger partial charge in [0.2, 0.25) is 0 Å². The maximum Gasteiger partial charge on any atom is 0.130 e. The molecule has 0 spiro atoms. The fourth-order valence-corrected chi connectivity index (χ4v) is 2.12. The summed E-state index contributed by atoms with van der Waals surface area (Å²) in [6.07, 6.45) is 1.45. The standard InChI is InChI=1S/C19H22O2/c1-5-20-18-12-11-16(13-17(18)19(2,3)4)21-14-15-9-7-6-8-10-15/h5-13H,1,14H2,2-4H3. The average Bonchev–Trinajstić information content (AvgIpc) is 2.46. The van der Waals surface area contributed by atoms with Crippen LogP contribution in [0.2, 0.25) is 0 Å². The first-order valence-electron chi connectivity index (χ1n) is 7.09. The molecule has 0 aromatic heterocycles. The van der Waals surface area contributed by atoms with E-state index in [1.54, 1.807) is 0 Å². The van der Waals surface area contributed by atoms with Gasteiger partial charge in [-0.1, -0.05) is 57.7 Å². The second-order valence-corrected chi connectivity index (χ2v) is 5.97. The number of ether oxygens (including phenoxy) is 2. The molecule has 2 nitrogen and oxygen atoms in total. The van der Waals surface area contributed by atoms with Gasteiger partial charge in [-0.15, -0.1) is 0 Å². The minimum atomic E-state index is -0.0234. The van der Waals surface area contributed by atoms with E-state index in [1.807, 2.05) is 36.4 Å². The van der Waals surface area contributed by atoms with Crippen molar-refractivity contribution >= 4 is 0 Å². The highest BCUT2D eigenvalue weighted by atomic mass is 16.5. The van der Waals surface area contributed by atoms with Crippen LogP contribution in [0.3, 0.4) is 0 Å². The lowest BCUT2D eigenvalue weighted by Gasteiger charge is -2.22. The molecule has 2 rings (SSSR count). The predicted octanol–water partition coefficient (Wildman–Crippen LogP) is 5.09. The summed E-state index contributed by atoms with van der Waals surface area (Å²) in [6, 6.07) is 16.0. The molecule has 21 heavy (non-hydrogen) atoms. The Balaban J connectivity index is 2.19. The molecule has 0 radical (unpaired) electrons. The third-order valence-electron chi connectivity index (χ3n) is 3.22. The zero-order valence-corrected chi connectivity index (χ0v) is 12.9. The van der Waals surface area contributed by atoms with E-state index in [-0.39, 0.29) is 5.41 Å². The smallest absolute Gasteiger partial charge is 0.130 e. The van der Waals surface area contributed by atoms with E-state index in [4.69, 9.17) is 9.47 Å². The minimum Gasteiger partial charge on any atom is -0.489 e. The van der Waals surface area contributed by atoms with Crippen molar-refractivity contribution in [2.24, 2.45) is 0 Å². The van der Waals surface area contributed by atoms with E-state index in [2.05, 4.69) is 39.5 Å². The molecule has 0 atom stereocenters. The van der Waals surface area contributed by atoms with E-state index in [0.29, 0.717) is 6.61 Å². The summed E-state index contributed by atoms with van der Waals surface area (Å²) in [7, 11) is 0. The van der Waals surface area contributed by atoms with E-state index in [0.717, 1.165) is 22.6 Å². The lowest BCUT2D eigenvalue weighted by Crippen LogP contribution is -2.13. The van der Waals surface area contributed by atoms with Gasteiger partial charge in [0.15, 0.2) is 0 Å². The molecule has 0 bridgehead atoms. The molecule has 0 aliphatic carbocycles. The fourth-order valence-electron chi connectivity index (χ4n) is 2.12. The summed E-state index contributed by atoms with van der Waals surface area (Å²) in [5.74, 6) is 1.67. The monoisotopic (exact) mass is 282 g/mol. The van der Waals surface area contributed by atoms with Crippen molar-refractivity contribution in [1.82, 2.24) is 0 Å². The second-order valence-electron chi connectivity index (χ2n) is 5.97. The van der Waals surface area contributed by atoms with Crippen LogP contribution in [0.25, 0.3) is 0 Å². The lowest BCUT2D eigenvalue weighted by molar-refractivity contribution is 0.304. The van der Waals surface area contributed by atoms with Crippen molar-refractivity contribution in [3.05, 3.63) is 72.5 Å². The van der Waals surface area contributed by atoms with Crippen LogP contribution in [0.1, 0.15) is 31.9 Å². The summed E-state index contributed by atoms with van der Waals surface area (Å²) in [6.45, 7) is 10.6. The molecule has 0 aliphatic rings. The quantitative estimate of drug-likeness (QED) is 0.711. The molecule has 2 heteroatoms. The maximum absolute atomic E-state index is 5.88. The molecule has 0 unspecified atom stereocenters. The van der Waals surface area contributed by atoms with Gasteiger partial charge in [0.05, 0.1) is 6.26 Å². The van der Waals surface area contributed by atoms with E-state index in [1.165, 1.54) is 6.26 Å². The Labute approximate surface area is 127 Å². The van der Waals surface area contributed by atoms with E-state index in [9.17, 15) is 0 Å². The Hall–Kier alpha value is -2.22. The molecule has 0 N–H and O–H groups in total. The van der Waals surface area contributed by atoms with Gasteiger partial charge >= 0.3 is 0 Å². The molecule has 2 aromatic carbocycles. The molecule has 2 aromatic rings. The van der Waals surface area contributed by atoms with Gasteiger partial charge in [0, 0.05) is 5.56 Å². The number of benzene rings is 2. The predicted molar refractivity (Wildman–Crippen MR) is 86.7 cm³/mol. The van der Waals surface area contributed by atoms with E-state index >= 15 is 0 Å². The van der Waals surface area contributed by atoms with Crippen LogP contribution >= 0.6 is 0 Å². The lowest BCUT2D eigenvalue weighted by atomic mass is 9.86. The Bertz CT molecular complexity index is 595. The Morgan fingerprint density at radius 1 is 1.05 bits per heavy atom. The van der Waals surface area contributed by atoms with Crippen LogP contribution < -0.4 is 9.47 Å². The van der Waals surface area contributed by atoms with Crippen molar-refractivity contribution in [2.75, 3.05) is 0 Å². The first-order valence-corrected chi connectivity index (χ1v) is 7.09. The Morgan fingerprint density at radius 2 is 1.76 bits per heavy atom. The molecule has 0 aliphatic heterocycles. The summed E-state index contributed by atoms with van der Waals surface area (Å²) >= 11 is 0.